The van der Waals surface area contributed by atoms with Gasteiger partial charge in [-0.25, -0.2) is 9.07 Å². The van der Waals surface area contributed by atoms with Crippen LogP contribution in [-0.2, 0) is 6.54 Å². The molecule has 0 spiro atoms. The lowest BCUT2D eigenvalue weighted by molar-refractivity contribution is 0.628. The van der Waals surface area contributed by atoms with Crippen molar-refractivity contribution in [3.05, 3.63) is 60.0 Å². The molecule has 3 rings (SSSR count). The molecule has 1 aromatic heterocycles. The van der Waals surface area contributed by atoms with E-state index in [9.17, 15) is 4.39 Å². The smallest absolute Gasteiger partial charge is 0.123 e. The normalized spacial score (nSPS) is 10.8. The first-order valence-corrected chi connectivity index (χ1v) is 7.28. The topological polar surface area (TPSA) is 60.0 Å². The summed E-state index contributed by atoms with van der Waals surface area (Å²) in [6.45, 7) is 0.238. The van der Waals surface area contributed by atoms with Crippen LogP contribution in [0.3, 0.4) is 0 Å². The average molecular weight is 311 g/mol. The maximum Gasteiger partial charge on any atom is 0.123 e. The van der Waals surface area contributed by atoms with Crippen molar-refractivity contribution in [1.82, 2.24) is 15.0 Å². The first-order valence-electron chi connectivity index (χ1n) is 7.28. The van der Waals surface area contributed by atoms with Gasteiger partial charge in [0.05, 0.1) is 11.4 Å². The van der Waals surface area contributed by atoms with E-state index in [2.05, 4.69) is 10.3 Å². The monoisotopic (exact) mass is 311 g/mol. The van der Waals surface area contributed by atoms with Crippen LogP contribution in [0, 0.1) is 5.82 Å². The van der Waals surface area contributed by atoms with Gasteiger partial charge in [-0.3, -0.25) is 0 Å². The standard InChI is InChI=1S/C17H18FN5/c1-22(2)14-6-8-15(9-7-14)23-17(16(11-19)20-21-23)12-4-3-5-13(18)10-12/h3-10H,11,19H2,1-2H3. The van der Waals surface area contributed by atoms with E-state index in [0.717, 1.165) is 11.4 Å². The van der Waals surface area contributed by atoms with Crippen molar-refractivity contribution in [2.45, 2.75) is 6.54 Å². The first-order chi connectivity index (χ1) is 11.1. The van der Waals surface area contributed by atoms with Crippen molar-refractivity contribution in [2.75, 3.05) is 19.0 Å². The summed E-state index contributed by atoms with van der Waals surface area (Å²) in [5.41, 5.74) is 9.74. The third-order valence-electron chi connectivity index (χ3n) is 3.64. The number of benzene rings is 2. The van der Waals surface area contributed by atoms with Crippen LogP contribution in [0.5, 0.6) is 0 Å². The third-order valence-corrected chi connectivity index (χ3v) is 3.64. The SMILES string of the molecule is CN(C)c1ccc(-n2nnc(CN)c2-c2cccc(F)c2)cc1. The number of rotatable bonds is 4. The van der Waals surface area contributed by atoms with Crippen LogP contribution < -0.4 is 10.6 Å². The number of halogens is 1. The van der Waals surface area contributed by atoms with Gasteiger partial charge in [0.2, 0.25) is 0 Å². The summed E-state index contributed by atoms with van der Waals surface area (Å²) in [7, 11) is 3.96. The maximum atomic E-state index is 13.6. The van der Waals surface area contributed by atoms with Gasteiger partial charge in [-0.05, 0) is 36.4 Å². The molecular formula is C17H18FN5. The zero-order valence-electron chi connectivity index (χ0n) is 13.1. The predicted molar refractivity (Wildman–Crippen MR) is 89.0 cm³/mol. The van der Waals surface area contributed by atoms with Gasteiger partial charge < -0.3 is 10.6 Å². The molecule has 6 heteroatoms. The van der Waals surface area contributed by atoms with Crippen LogP contribution in [0.4, 0.5) is 10.1 Å². The summed E-state index contributed by atoms with van der Waals surface area (Å²) in [6.07, 6.45) is 0. The number of anilines is 1. The van der Waals surface area contributed by atoms with Crippen molar-refractivity contribution < 1.29 is 4.39 Å². The largest absolute Gasteiger partial charge is 0.378 e. The van der Waals surface area contributed by atoms with Crippen LogP contribution in [0.2, 0.25) is 0 Å². The van der Waals surface area contributed by atoms with Crippen LogP contribution in [0.25, 0.3) is 16.9 Å². The number of hydrogen-bond acceptors (Lipinski definition) is 4. The van der Waals surface area contributed by atoms with E-state index in [1.165, 1.54) is 12.1 Å². The highest BCUT2D eigenvalue weighted by Crippen LogP contribution is 2.26. The molecule has 0 saturated carbocycles. The van der Waals surface area contributed by atoms with Crippen molar-refractivity contribution in [2.24, 2.45) is 5.73 Å². The Kier molecular flexibility index (Phi) is 4.08. The lowest BCUT2D eigenvalue weighted by atomic mass is 10.1. The molecule has 0 aliphatic heterocycles. The summed E-state index contributed by atoms with van der Waals surface area (Å²) >= 11 is 0. The molecule has 0 aliphatic rings. The van der Waals surface area contributed by atoms with Crippen molar-refractivity contribution in [3.63, 3.8) is 0 Å². The minimum atomic E-state index is -0.304. The molecular weight excluding hydrogens is 293 g/mol. The van der Waals surface area contributed by atoms with Gasteiger partial charge in [0.25, 0.3) is 0 Å². The summed E-state index contributed by atoms with van der Waals surface area (Å²) in [5.74, 6) is -0.304. The lowest BCUT2D eigenvalue weighted by Crippen LogP contribution is -2.08. The van der Waals surface area contributed by atoms with Gasteiger partial charge in [0, 0.05) is 31.9 Å². The van der Waals surface area contributed by atoms with E-state index in [1.54, 1.807) is 10.7 Å². The van der Waals surface area contributed by atoms with Crippen molar-refractivity contribution in [1.29, 1.82) is 0 Å². The highest BCUT2D eigenvalue weighted by Gasteiger charge is 2.15. The lowest BCUT2D eigenvalue weighted by Gasteiger charge is -2.13. The first kappa shape index (κ1) is 15.2. The molecule has 0 bridgehead atoms. The Morgan fingerprint density at radius 2 is 1.87 bits per heavy atom. The quantitative estimate of drug-likeness (QED) is 0.804. The van der Waals surface area contributed by atoms with Gasteiger partial charge >= 0.3 is 0 Å². The summed E-state index contributed by atoms with van der Waals surface area (Å²) < 4.78 is 15.3. The van der Waals surface area contributed by atoms with Gasteiger partial charge in [0.1, 0.15) is 11.5 Å². The molecule has 0 radical (unpaired) electrons. The van der Waals surface area contributed by atoms with Gasteiger partial charge in [-0.1, -0.05) is 17.3 Å². The molecule has 0 saturated heterocycles. The van der Waals surface area contributed by atoms with Gasteiger partial charge in [0.15, 0.2) is 0 Å². The Bertz CT molecular complexity index is 808. The Morgan fingerprint density at radius 3 is 2.48 bits per heavy atom. The maximum absolute atomic E-state index is 13.6. The molecule has 118 valence electrons. The van der Waals surface area contributed by atoms with E-state index in [1.807, 2.05) is 49.3 Å². The fourth-order valence-electron chi connectivity index (χ4n) is 2.45. The van der Waals surface area contributed by atoms with Crippen LogP contribution in [0.1, 0.15) is 5.69 Å². The Hall–Kier alpha value is -2.73. The molecule has 0 fully saturated rings. The highest BCUT2D eigenvalue weighted by atomic mass is 19.1. The third kappa shape index (κ3) is 2.93. The van der Waals surface area contributed by atoms with E-state index in [-0.39, 0.29) is 12.4 Å². The molecule has 0 unspecified atom stereocenters. The fraction of sp³-hybridized carbons (Fsp3) is 0.176. The zero-order chi connectivity index (χ0) is 16.4. The second-order valence-corrected chi connectivity index (χ2v) is 5.42. The average Bonchev–Trinajstić information content (AvgIpc) is 2.99. The highest BCUT2D eigenvalue weighted by molar-refractivity contribution is 5.65. The van der Waals surface area contributed by atoms with Crippen LogP contribution in [0.15, 0.2) is 48.5 Å². The summed E-state index contributed by atoms with van der Waals surface area (Å²) in [4.78, 5) is 2.02. The van der Waals surface area contributed by atoms with Gasteiger partial charge in [-0.2, -0.15) is 0 Å². The molecule has 23 heavy (non-hydrogen) atoms. The van der Waals surface area contributed by atoms with E-state index < -0.39 is 0 Å². The Morgan fingerprint density at radius 1 is 1.13 bits per heavy atom. The van der Waals surface area contributed by atoms with Crippen molar-refractivity contribution >= 4 is 5.69 Å². The molecule has 3 aromatic rings. The minimum absolute atomic E-state index is 0.238. The van der Waals surface area contributed by atoms with Crippen molar-refractivity contribution in [3.8, 4) is 16.9 Å². The van der Waals surface area contributed by atoms with Crippen LogP contribution in [-0.4, -0.2) is 29.1 Å². The Balaban J connectivity index is 2.11. The van der Waals surface area contributed by atoms with Gasteiger partial charge in [-0.15, -0.1) is 5.10 Å². The van der Waals surface area contributed by atoms with Crippen LogP contribution >= 0.6 is 0 Å². The van der Waals surface area contributed by atoms with E-state index >= 15 is 0 Å². The number of aromatic nitrogens is 3. The summed E-state index contributed by atoms with van der Waals surface area (Å²) in [6, 6.07) is 14.3. The van der Waals surface area contributed by atoms with E-state index in [0.29, 0.717) is 17.0 Å². The second kappa shape index (κ2) is 6.18. The molecule has 2 aromatic carbocycles. The molecule has 2 N–H and O–H groups in total. The summed E-state index contributed by atoms with van der Waals surface area (Å²) in [5, 5.41) is 8.32. The molecule has 0 atom stereocenters. The minimum Gasteiger partial charge on any atom is -0.378 e. The number of nitrogens with zero attached hydrogens (tertiary/aromatic N) is 4. The number of nitrogens with two attached hydrogens (primary N) is 1. The predicted octanol–water partition coefficient (Wildman–Crippen LogP) is 2.60. The Labute approximate surface area is 134 Å². The second-order valence-electron chi connectivity index (χ2n) is 5.42. The number of hydrogen-bond donors (Lipinski definition) is 1. The molecule has 0 amide bonds. The van der Waals surface area contributed by atoms with E-state index in [4.69, 9.17) is 5.73 Å². The molecule has 0 aliphatic carbocycles. The molecule has 5 nitrogen and oxygen atoms in total. The zero-order valence-corrected chi connectivity index (χ0v) is 13.1. The molecule has 1 heterocycles. The fourth-order valence-corrected chi connectivity index (χ4v) is 2.45.